The third kappa shape index (κ3) is 5.42. The van der Waals surface area contributed by atoms with Crippen LogP contribution in [0.4, 0.5) is 5.69 Å². The third-order valence-corrected chi connectivity index (χ3v) is 4.29. The Morgan fingerprint density at radius 1 is 1.37 bits per heavy atom. The molecule has 0 atom stereocenters. The second-order valence-corrected chi connectivity index (χ2v) is 7.06. The number of hydrogen-bond donors (Lipinski definition) is 1. The SMILES string of the molecule is CCCS(=O)(=O)CCn1ncc(NC(C)C)cc1=O. The standard InChI is InChI=1S/C12H21N3O3S/c1-4-6-19(17,18)7-5-15-12(16)8-11(9-13-15)14-10(2)3/h8-10,14H,4-7H2,1-3H3. The summed E-state index contributed by atoms with van der Waals surface area (Å²) in [6, 6.07) is 1.64. The van der Waals surface area contributed by atoms with Gasteiger partial charge >= 0.3 is 0 Å². The van der Waals surface area contributed by atoms with Crippen molar-refractivity contribution in [3.8, 4) is 0 Å². The minimum atomic E-state index is -3.09. The Labute approximate surface area is 113 Å². The van der Waals surface area contributed by atoms with Gasteiger partial charge in [0.2, 0.25) is 0 Å². The van der Waals surface area contributed by atoms with Crippen molar-refractivity contribution >= 4 is 15.5 Å². The molecule has 6 nitrogen and oxygen atoms in total. The normalized spacial score (nSPS) is 11.8. The van der Waals surface area contributed by atoms with Crippen molar-refractivity contribution in [2.45, 2.75) is 39.8 Å². The molecule has 0 bridgehead atoms. The Bertz CT molecular complexity index is 564. The van der Waals surface area contributed by atoms with E-state index in [1.165, 1.54) is 16.9 Å². The predicted octanol–water partition coefficient (Wildman–Crippen LogP) is 0.888. The molecule has 1 aromatic heterocycles. The molecule has 1 aromatic rings. The lowest BCUT2D eigenvalue weighted by atomic mass is 10.3. The van der Waals surface area contributed by atoms with E-state index in [0.717, 1.165) is 0 Å². The molecule has 0 saturated heterocycles. The first-order valence-corrected chi connectivity index (χ1v) is 8.20. The average molecular weight is 287 g/mol. The zero-order valence-corrected chi connectivity index (χ0v) is 12.4. The van der Waals surface area contributed by atoms with Gasteiger partial charge in [-0.05, 0) is 20.3 Å². The molecule has 0 aromatic carbocycles. The average Bonchev–Trinajstić information content (AvgIpc) is 2.27. The first-order chi connectivity index (χ1) is 8.84. The number of aryl methyl sites for hydroxylation is 1. The topological polar surface area (TPSA) is 81.1 Å². The molecule has 0 aliphatic carbocycles. The van der Waals surface area contributed by atoms with Gasteiger partial charge in [-0.3, -0.25) is 4.79 Å². The minimum absolute atomic E-state index is 0.0509. The van der Waals surface area contributed by atoms with Crippen LogP contribution in [0.2, 0.25) is 0 Å². The number of nitrogens with zero attached hydrogens (tertiary/aromatic N) is 2. The molecule has 1 heterocycles. The fraction of sp³-hybridized carbons (Fsp3) is 0.667. The van der Waals surface area contributed by atoms with Crippen LogP contribution < -0.4 is 10.9 Å². The second kappa shape index (κ2) is 6.70. The monoisotopic (exact) mass is 287 g/mol. The van der Waals surface area contributed by atoms with Crippen LogP contribution in [-0.2, 0) is 16.4 Å². The second-order valence-electron chi connectivity index (χ2n) is 4.76. The first kappa shape index (κ1) is 15.7. The maximum absolute atomic E-state index is 11.8. The van der Waals surface area contributed by atoms with E-state index in [0.29, 0.717) is 12.1 Å². The highest BCUT2D eigenvalue weighted by molar-refractivity contribution is 7.91. The lowest BCUT2D eigenvalue weighted by Crippen LogP contribution is -2.27. The van der Waals surface area contributed by atoms with Crippen LogP contribution in [0, 0.1) is 0 Å². The van der Waals surface area contributed by atoms with Gasteiger partial charge < -0.3 is 5.32 Å². The van der Waals surface area contributed by atoms with E-state index < -0.39 is 9.84 Å². The van der Waals surface area contributed by atoms with Gasteiger partial charge in [0.15, 0.2) is 9.84 Å². The van der Waals surface area contributed by atoms with E-state index in [-0.39, 0.29) is 29.7 Å². The van der Waals surface area contributed by atoms with Gasteiger partial charge in [-0.15, -0.1) is 0 Å². The fourth-order valence-corrected chi connectivity index (χ4v) is 2.93. The van der Waals surface area contributed by atoms with Crippen molar-refractivity contribution in [3.05, 3.63) is 22.6 Å². The van der Waals surface area contributed by atoms with Crippen molar-refractivity contribution in [3.63, 3.8) is 0 Å². The largest absolute Gasteiger partial charge is 0.381 e. The molecule has 0 radical (unpaired) electrons. The van der Waals surface area contributed by atoms with Gasteiger partial charge in [0.25, 0.3) is 5.56 Å². The molecule has 0 unspecified atom stereocenters. The highest BCUT2D eigenvalue weighted by atomic mass is 32.2. The van der Waals surface area contributed by atoms with Crippen molar-refractivity contribution < 1.29 is 8.42 Å². The van der Waals surface area contributed by atoms with E-state index in [4.69, 9.17) is 0 Å². The molecule has 0 aliphatic rings. The number of sulfone groups is 1. The quantitative estimate of drug-likeness (QED) is 0.805. The van der Waals surface area contributed by atoms with Gasteiger partial charge in [0.1, 0.15) is 0 Å². The summed E-state index contributed by atoms with van der Waals surface area (Å²) >= 11 is 0. The molecular weight excluding hydrogens is 266 g/mol. The summed E-state index contributed by atoms with van der Waals surface area (Å²) in [5.74, 6) is 0.0967. The smallest absolute Gasteiger partial charge is 0.268 e. The van der Waals surface area contributed by atoms with E-state index in [9.17, 15) is 13.2 Å². The summed E-state index contributed by atoms with van der Waals surface area (Å²) in [7, 11) is -3.09. The van der Waals surface area contributed by atoms with Crippen LogP contribution >= 0.6 is 0 Å². The van der Waals surface area contributed by atoms with E-state index in [2.05, 4.69) is 10.4 Å². The Balaban J connectivity index is 2.73. The van der Waals surface area contributed by atoms with Crippen LogP contribution in [0.15, 0.2) is 17.1 Å². The van der Waals surface area contributed by atoms with Crippen LogP contribution in [0.3, 0.4) is 0 Å². The molecule has 7 heteroatoms. The zero-order chi connectivity index (χ0) is 14.5. The molecular formula is C12H21N3O3S. The molecule has 1 N–H and O–H groups in total. The van der Waals surface area contributed by atoms with Crippen LogP contribution in [-0.4, -0.2) is 35.7 Å². The number of rotatable bonds is 7. The Morgan fingerprint density at radius 2 is 2.05 bits per heavy atom. The van der Waals surface area contributed by atoms with Crippen LogP contribution in [0.25, 0.3) is 0 Å². The first-order valence-electron chi connectivity index (χ1n) is 6.38. The molecule has 108 valence electrons. The molecule has 0 aliphatic heterocycles. The Kier molecular flexibility index (Phi) is 5.53. The minimum Gasteiger partial charge on any atom is -0.381 e. The van der Waals surface area contributed by atoms with Gasteiger partial charge in [-0.1, -0.05) is 6.92 Å². The molecule has 0 spiro atoms. The Morgan fingerprint density at radius 3 is 2.58 bits per heavy atom. The van der Waals surface area contributed by atoms with Gasteiger partial charge in [0, 0.05) is 17.9 Å². The van der Waals surface area contributed by atoms with E-state index in [1.807, 2.05) is 20.8 Å². The number of anilines is 1. The molecule has 1 rings (SSSR count). The maximum Gasteiger partial charge on any atom is 0.268 e. The summed E-state index contributed by atoms with van der Waals surface area (Å²) in [6.07, 6.45) is 2.12. The van der Waals surface area contributed by atoms with E-state index >= 15 is 0 Å². The number of hydrogen-bond acceptors (Lipinski definition) is 5. The number of aromatic nitrogens is 2. The van der Waals surface area contributed by atoms with Crippen LogP contribution in [0.5, 0.6) is 0 Å². The Hall–Kier alpha value is -1.37. The van der Waals surface area contributed by atoms with Gasteiger partial charge in [-0.2, -0.15) is 5.10 Å². The van der Waals surface area contributed by atoms with Crippen molar-refractivity contribution in [2.75, 3.05) is 16.8 Å². The molecule has 0 amide bonds. The van der Waals surface area contributed by atoms with E-state index in [1.54, 1.807) is 0 Å². The zero-order valence-electron chi connectivity index (χ0n) is 11.6. The lowest BCUT2D eigenvalue weighted by Gasteiger charge is -2.10. The third-order valence-electron chi connectivity index (χ3n) is 2.45. The van der Waals surface area contributed by atoms with Gasteiger partial charge in [0.05, 0.1) is 24.2 Å². The lowest BCUT2D eigenvalue weighted by molar-refractivity contribution is 0.570. The van der Waals surface area contributed by atoms with Crippen molar-refractivity contribution in [2.24, 2.45) is 0 Å². The highest BCUT2D eigenvalue weighted by Gasteiger charge is 2.10. The highest BCUT2D eigenvalue weighted by Crippen LogP contribution is 2.02. The van der Waals surface area contributed by atoms with Crippen molar-refractivity contribution in [1.82, 2.24) is 9.78 Å². The summed E-state index contributed by atoms with van der Waals surface area (Å²) in [6.45, 7) is 5.84. The summed E-state index contributed by atoms with van der Waals surface area (Å²) in [4.78, 5) is 11.8. The molecule has 0 saturated carbocycles. The molecule has 0 fully saturated rings. The van der Waals surface area contributed by atoms with Gasteiger partial charge in [-0.25, -0.2) is 13.1 Å². The number of nitrogens with one attached hydrogen (secondary N) is 1. The van der Waals surface area contributed by atoms with Crippen molar-refractivity contribution in [1.29, 1.82) is 0 Å². The summed E-state index contributed by atoms with van der Waals surface area (Å²) < 4.78 is 24.3. The summed E-state index contributed by atoms with van der Waals surface area (Å²) in [5, 5.41) is 7.04. The summed E-state index contributed by atoms with van der Waals surface area (Å²) in [5.41, 5.74) is 0.352. The molecule has 19 heavy (non-hydrogen) atoms. The predicted molar refractivity (Wildman–Crippen MR) is 76.2 cm³/mol. The fourth-order valence-electron chi connectivity index (χ4n) is 1.65. The van der Waals surface area contributed by atoms with Crippen LogP contribution in [0.1, 0.15) is 27.2 Å². The maximum atomic E-state index is 11.8.